The fraction of sp³-hybridized carbons (Fsp3) is 0.925. The maximum Gasteiger partial charge on any atom is 0.0918 e. The maximum atomic E-state index is 9.54. The summed E-state index contributed by atoms with van der Waals surface area (Å²) in [6.07, 6.45) is 45.2. The number of nitrogens with one attached hydrogen (secondary N) is 1. The predicted octanol–water partition coefficient (Wildman–Crippen LogP) is 15.6. The van der Waals surface area contributed by atoms with E-state index in [1.165, 1.54) is 205 Å². The van der Waals surface area contributed by atoms with Gasteiger partial charge in [0.2, 0.25) is 0 Å². The number of hydrogen-bond donors (Lipinski definition) is 2. The van der Waals surface area contributed by atoms with Crippen molar-refractivity contribution in [2.75, 3.05) is 39.5 Å². The molecular formula is C53H104N2O3. The van der Waals surface area contributed by atoms with Crippen LogP contribution in [0.5, 0.6) is 0 Å². The van der Waals surface area contributed by atoms with E-state index in [1.807, 2.05) is 0 Å². The lowest BCUT2D eigenvalue weighted by Crippen LogP contribution is -2.56. The topological polar surface area (TPSA) is 54.0 Å². The molecule has 1 saturated heterocycles. The highest BCUT2D eigenvalue weighted by Crippen LogP contribution is 2.27. The van der Waals surface area contributed by atoms with Gasteiger partial charge in [0.05, 0.1) is 24.7 Å². The Morgan fingerprint density at radius 3 is 1.16 bits per heavy atom. The van der Waals surface area contributed by atoms with Gasteiger partial charge in [-0.3, -0.25) is 0 Å². The summed E-state index contributed by atoms with van der Waals surface area (Å²) >= 11 is 0. The van der Waals surface area contributed by atoms with Gasteiger partial charge in [0.15, 0.2) is 0 Å². The number of nitrogens with zero attached hydrogens (tertiary/aromatic N) is 1. The molecule has 0 bridgehead atoms. The van der Waals surface area contributed by atoms with E-state index in [4.69, 9.17) is 9.47 Å². The van der Waals surface area contributed by atoms with Gasteiger partial charge >= 0.3 is 0 Å². The summed E-state index contributed by atoms with van der Waals surface area (Å²) in [5.41, 5.74) is 0. The Kier molecular flexibility index (Phi) is 39.2. The van der Waals surface area contributed by atoms with Crippen molar-refractivity contribution in [3.05, 3.63) is 24.7 Å². The molecular weight excluding hydrogens is 713 g/mol. The van der Waals surface area contributed by atoms with E-state index in [1.54, 1.807) is 0 Å². The van der Waals surface area contributed by atoms with Crippen LogP contribution in [0.25, 0.3) is 0 Å². The zero-order valence-corrected chi connectivity index (χ0v) is 39.9. The first-order valence-electron chi connectivity index (χ1n) is 26.2. The van der Waals surface area contributed by atoms with Crippen molar-refractivity contribution in [3.63, 3.8) is 0 Å². The Hall–Kier alpha value is -1.04. The maximum absolute atomic E-state index is 9.54. The molecule has 1 aliphatic heterocycles. The van der Waals surface area contributed by atoms with Crippen LogP contribution in [-0.4, -0.2) is 61.5 Å². The number of aliphatic hydroxyl groups excluding tert-OH is 1. The number of hydrogen-bond acceptors (Lipinski definition) is 5. The van der Waals surface area contributed by atoms with Crippen molar-refractivity contribution in [1.82, 2.24) is 10.2 Å². The lowest BCUT2D eigenvalue weighted by molar-refractivity contribution is 0.136. The van der Waals surface area contributed by atoms with Crippen LogP contribution in [0.1, 0.15) is 252 Å². The number of allylic oxidation sites excluding steroid dienone is 2. The van der Waals surface area contributed by atoms with E-state index in [-0.39, 0.29) is 0 Å². The average molecular weight is 817 g/mol. The molecule has 1 fully saturated rings. The Labute approximate surface area is 364 Å². The Bertz CT molecular complexity index is 801. The van der Waals surface area contributed by atoms with Crippen molar-refractivity contribution in [1.29, 1.82) is 0 Å². The largest absolute Gasteiger partial charge is 0.498 e. The second kappa shape index (κ2) is 41.3. The van der Waals surface area contributed by atoms with Crippen molar-refractivity contribution in [3.8, 4) is 0 Å². The monoisotopic (exact) mass is 817 g/mol. The van der Waals surface area contributed by atoms with E-state index in [0.717, 1.165) is 63.6 Å². The number of piperazine rings is 1. The minimum Gasteiger partial charge on any atom is -0.498 e. The van der Waals surface area contributed by atoms with E-state index < -0.39 is 0 Å². The van der Waals surface area contributed by atoms with Crippen LogP contribution in [0.15, 0.2) is 24.7 Å². The van der Waals surface area contributed by atoms with Crippen molar-refractivity contribution >= 4 is 0 Å². The number of rotatable bonds is 45. The van der Waals surface area contributed by atoms with Gasteiger partial charge in [0.1, 0.15) is 0 Å². The highest BCUT2D eigenvalue weighted by molar-refractivity contribution is 4.92. The highest BCUT2D eigenvalue weighted by Gasteiger charge is 2.25. The van der Waals surface area contributed by atoms with E-state index in [0.29, 0.717) is 30.5 Å². The fourth-order valence-electron chi connectivity index (χ4n) is 9.21. The van der Waals surface area contributed by atoms with Crippen LogP contribution in [0.3, 0.4) is 0 Å². The van der Waals surface area contributed by atoms with E-state index in [2.05, 4.69) is 51.1 Å². The second-order valence-electron chi connectivity index (χ2n) is 18.6. The van der Waals surface area contributed by atoms with Crippen LogP contribution in [-0.2, 0) is 9.47 Å². The van der Waals surface area contributed by atoms with Gasteiger partial charge in [-0.25, -0.2) is 0 Å². The molecule has 5 heteroatoms. The van der Waals surface area contributed by atoms with Gasteiger partial charge in [0, 0.05) is 50.2 Å². The summed E-state index contributed by atoms with van der Waals surface area (Å²) in [6, 6.07) is 1.13. The third kappa shape index (κ3) is 31.8. The molecule has 0 aromatic heterocycles. The number of ether oxygens (including phenoxy) is 2. The van der Waals surface area contributed by atoms with E-state index in [9.17, 15) is 5.11 Å². The molecule has 0 aromatic rings. The summed E-state index contributed by atoms with van der Waals surface area (Å²) in [4.78, 5) is 2.62. The molecule has 0 radical (unpaired) electrons. The first-order chi connectivity index (χ1) is 28.5. The standard InChI is InChI=1S/C53H104N2O3/c1-7-11-15-19-27-36-50(37-28-20-16-12-8-2)48(5)57-44-33-25-23-31-40-52-46-55(42-35-43-56)47-53(54-52)41-32-24-26-34-45-58-49(6)51(38-29-21-17-13-9-3)39-30-22-18-14-10-4/h50-54,56H,5-47H2,1-4H3. The van der Waals surface area contributed by atoms with Crippen LogP contribution in [0.4, 0.5) is 0 Å². The lowest BCUT2D eigenvalue weighted by atomic mass is 9.93. The summed E-state index contributed by atoms with van der Waals surface area (Å²) in [7, 11) is 0. The molecule has 2 atom stereocenters. The molecule has 0 saturated carbocycles. The quantitative estimate of drug-likeness (QED) is 0.0474. The molecule has 5 nitrogen and oxygen atoms in total. The summed E-state index contributed by atoms with van der Waals surface area (Å²) in [6.45, 7) is 23.3. The molecule has 2 N–H and O–H groups in total. The summed E-state index contributed by atoms with van der Waals surface area (Å²) < 4.78 is 12.6. The van der Waals surface area contributed by atoms with Gasteiger partial charge in [0.25, 0.3) is 0 Å². The highest BCUT2D eigenvalue weighted by atomic mass is 16.5. The number of unbranched alkanes of at least 4 members (excludes halogenated alkanes) is 22. The molecule has 58 heavy (non-hydrogen) atoms. The first kappa shape index (κ1) is 55.0. The summed E-state index contributed by atoms with van der Waals surface area (Å²) in [5, 5.41) is 13.6. The fourth-order valence-corrected chi connectivity index (χ4v) is 9.21. The molecule has 0 aromatic carbocycles. The van der Waals surface area contributed by atoms with Crippen LogP contribution in [0.2, 0.25) is 0 Å². The Morgan fingerprint density at radius 2 is 0.810 bits per heavy atom. The van der Waals surface area contributed by atoms with Gasteiger partial charge in [-0.1, -0.05) is 208 Å². The van der Waals surface area contributed by atoms with Crippen molar-refractivity contribution in [2.45, 2.75) is 265 Å². The average Bonchev–Trinajstić information content (AvgIpc) is 3.23. The SMILES string of the molecule is C=C(OCCCCCCC1CN(CCCO)CC(CCCCCCOC(=C)C(CCCCCCC)CCCCCCC)N1)C(CCCCCCC)CCCCCCC. The van der Waals surface area contributed by atoms with Crippen LogP contribution >= 0.6 is 0 Å². The van der Waals surface area contributed by atoms with Gasteiger partial charge in [-0.05, 0) is 57.8 Å². The van der Waals surface area contributed by atoms with Gasteiger partial charge in [-0.2, -0.15) is 0 Å². The van der Waals surface area contributed by atoms with E-state index >= 15 is 0 Å². The predicted molar refractivity (Wildman–Crippen MR) is 256 cm³/mol. The minimum atomic E-state index is 0.291. The molecule has 1 rings (SSSR count). The molecule has 0 amide bonds. The zero-order chi connectivity index (χ0) is 42.2. The van der Waals surface area contributed by atoms with Crippen LogP contribution < -0.4 is 5.32 Å². The molecule has 344 valence electrons. The minimum absolute atomic E-state index is 0.291. The molecule has 1 heterocycles. The third-order valence-electron chi connectivity index (χ3n) is 13.1. The normalized spacial score (nSPS) is 16.1. The third-order valence-corrected chi connectivity index (χ3v) is 13.1. The van der Waals surface area contributed by atoms with Gasteiger partial charge in [-0.15, -0.1) is 0 Å². The Morgan fingerprint density at radius 1 is 0.483 bits per heavy atom. The van der Waals surface area contributed by atoms with Crippen molar-refractivity contribution < 1.29 is 14.6 Å². The first-order valence-corrected chi connectivity index (χ1v) is 26.2. The summed E-state index contributed by atoms with van der Waals surface area (Å²) in [5.74, 6) is 3.23. The molecule has 0 spiro atoms. The molecule has 1 aliphatic rings. The molecule has 0 aliphatic carbocycles. The number of aliphatic hydroxyl groups is 1. The van der Waals surface area contributed by atoms with Crippen LogP contribution in [0, 0.1) is 11.8 Å². The van der Waals surface area contributed by atoms with Crippen molar-refractivity contribution in [2.24, 2.45) is 11.8 Å². The Balaban J connectivity index is 2.35. The second-order valence-corrected chi connectivity index (χ2v) is 18.6. The lowest BCUT2D eigenvalue weighted by Gasteiger charge is -2.39. The van der Waals surface area contributed by atoms with Gasteiger partial charge < -0.3 is 24.8 Å². The molecule has 2 unspecified atom stereocenters. The smallest absolute Gasteiger partial charge is 0.0918 e. The zero-order valence-electron chi connectivity index (χ0n) is 39.9.